The molecule has 0 aromatic heterocycles. The Morgan fingerprint density at radius 1 is 1.10 bits per heavy atom. The Balaban J connectivity index is 1.59. The average molecular weight is 430 g/mol. The molecule has 1 aliphatic heterocycles. The van der Waals surface area contributed by atoms with Crippen molar-refractivity contribution in [2.45, 2.75) is 31.7 Å². The van der Waals surface area contributed by atoms with Crippen LogP contribution in [0.2, 0.25) is 5.02 Å². The highest BCUT2D eigenvalue weighted by Gasteiger charge is 2.48. The molecule has 4 rings (SSSR count). The molecule has 1 saturated heterocycles. The van der Waals surface area contributed by atoms with Crippen LogP contribution in [0, 0.1) is 11.7 Å². The first kappa shape index (κ1) is 20.3. The number of hydrogen-bond donors (Lipinski definition) is 1. The molecular weight excluding hydrogens is 409 g/mol. The zero-order chi connectivity index (χ0) is 21.3. The third kappa shape index (κ3) is 4.03. The number of benzene rings is 2. The van der Waals surface area contributed by atoms with E-state index in [4.69, 9.17) is 11.6 Å². The van der Waals surface area contributed by atoms with Gasteiger partial charge >= 0.3 is 6.03 Å². The topological polar surface area (TPSA) is 69.7 Å². The Morgan fingerprint density at radius 2 is 1.83 bits per heavy atom. The van der Waals surface area contributed by atoms with Crippen LogP contribution in [-0.2, 0) is 9.59 Å². The number of anilines is 2. The van der Waals surface area contributed by atoms with Gasteiger partial charge in [0.05, 0.1) is 11.6 Å². The van der Waals surface area contributed by atoms with Gasteiger partial charge in [-0.15, -0.1) is 0 Å². The van der Waals surface area contributed by atoms with E-state index in [0.717, 1.165) is 17.7 Å². The van der Waals surface area contributed by atoms with Crippen molar-refractivity contribution in [3.05, 3.63) is 59.4 Å². The number of imide groups is 1. The molecule has 2 aliphatic rings. The molecule has 4 amide bonds. The van der Waals surface area contributed by atoms with Crippen LogP contribution in [0.5, 0.6) is 0 Å². The van der Waals surface area contributed by atoms with E-state index in [9.17, 15) is 18.8 Å². The van der Waals surface area contributed by atoms with Gasteiger partial charge in [0.15, 0.2) is 0 Å². The molecule has 2 fully saturated rings. The van der Waals surface area contributed by atoms with E-state index in [1.807, 2.05) is 0 Å². The van der Waals surface area contributed by atoms with Gasteiger partial charge in [0.1, 0.15) is 12.4 Å². The first-order valence-corrected chi connectivity index (χ1v) is 10.3. The standard InChI is InChI=1S/C22H21ClFN3O3/c23-14-4-3-5-17(12-14)27-21(29)18-6-1-2-7-19(18)26(22(27)30)13-20(28)25-16-10-8-15(24)9-11-16/h3-5,8-12,18-19H,1-2,6-7,13H2,(H,25,28). The smallest absolute Gasteiger partial charge is 0.325 e. The Hall–Kier alpha value is -2.93. The summed E-state index contributed by atoms with van der Waals surface area (Å²) >= 11 is 6.07. The number of halogens is 2. The lowest BCUT2D eigenvalue weighted by atomic mass is 9.81. The van der Waals surface area contributed by atoms with E-state index in [-0.39, 0.29) is 24.4 Å². The van der Waals surface area contributed by atoms with Crippen LogP contribution in [0.4, 0.5) is 20.6 Å². The molecule has 0 radical (unpaired) electrons. The average Bonchev–Trinajstić information content (AvgIpc) is 2.73. The summed E-state index contributed by atoms with van der Waals surface area (Å²) < 4.78 is 13.1. The molecule has 2 aromatic carbocycles. The molecule has 30 heavy (non-hydrogen) atoms. The maximum Gasteiger partial charge on any atom is 0.332 e. The quantitative estimate of drug-likeness (QED) is 0.780. The van der Waals surface area contributed by atoms with Crippen LogP contribution in [0.25, 0.3) is 0 Å². The number of carbonyl (C=O) groups excluding carboxylic acids is 3. The van der Waals surface area contributed by atoms with Crippen LogP contribution < -0.4 is 10.2 Å². The summed E-state index contributed by atoms with van der Waals surface area (Å²) in [5, 5.41) is 3.10. The fraction of sp³-hybridized carbons (Fsp3) is 0.318. The zero-order valence-electron chi connectivity index (χ0n) is 16.2. The highest BCUT2D eigenvalue weighted by molar-refractivity contribution is 6.31. The molecule has 1 aliphatic carbocycles. The summed E-state index contributed by atoms with van der Waals surface area (Å²) in [6.07, 6.45) is 3.15. The minimum absolute atomic E-state index is 0.193. The van der Waals surface area contributed by atoms with Gasteiger partial charge in [-0.2, -0.15) is 0 Å². The van der Waals surface area contributed by atoms with E-state index in [2.05, 4.69) is 5.32 Å². The van der Waals surface area contributed by atoms with Crippen molar-refractivity contribution in [2.24, 2.45) is 5.92 Å². The number of amides is 4. The molecular formula is C22H21ClFN3O3. The summed E-state index contributed by atoms with van der Waals surface area (Å²) in [6.45, 7) is -0.193. The third-order valence-corrected chi connectivity index (χ3v) is 5.85. The van der Waals surface area contributed by atoms with Crippen LogP contribution in [0.1, 0.15) is 25.7 Å². The minimum atomic E-state index is -0.528. The van der Waals surface area contributed by atoms with Gasteiger partial charge in [-0.25, -0.2) is 14.1 Å². The van der Waals surface area contributed by atoms with Crippen LogP contribution >= 0.6 is 11.6 Å². The second kappa shape index (κ2) is 8.44. The van der Waals surface area contributed by atoms with Crippen molar-refractivity contribution in [3.8, 4) is 0 Å². The largest absolute Gasteiger partial charge is 0.332 e. The summed E-state index contributed by atoms with van der Waals surface area (Å²) in [6, 6.07) is 11.1. The number of hydrogen-bond acceptors (Lipinski definition) is 3. The number of rotatable bonds is 4. The van der Waals surface area contributed by atoms with Crippen molar-refractivity contribution >= 4 is 40.8 Å². The first-order valence-electron chi connectivity index (χ1n) is 9.89. The fourth-order valence-corrected chi connectivity index (χ4v) is 4.41. The summed E-state index contributed by atoms with van der Waals surface area (Å²) in [5.74, 6) is -1.41. The molecule has 6 nitrogen and oxygen atoms in total. The van der Waals surface area contributed by atoms with Gasteiger partial charge in [0, 0.05) is 16.8 Å². The molecule has 0 bridgehead atoms. The normalized spacial score (nSPS) is 21.4. The second-order valence-corrected chi connectivity index (χ2v) is 8.01. The van der Waals surface area contributed by atoms with Gasteiger partial charge in [-0.3, -0.25) is 9.59 Å². The SMILES string of the molecule is O=C(CN1C(=O)N(c2cccc(Cl)c2)C(=O)C2CCCCC21)Nc1ccc(F)cc1. The molecule has 0 spiro atoms. The Kier molecular flexibility index (Phi) is 5.72. The summed E-state index contributed by atoms with van der Waals surface area (Å²) in [7, 11) is 0. The molecule has 2 unspecified atom stereocenters. The lowest BCUT2D eigenvalue weighted by Gasteiger charge is -2.46. The van der Waals surface area contributed by atoms with Crippen molar-refractivity contribution in [2.75, 3.05) is 16.8 Å². The summed E-state index contributed by atoms with van der Waals surface area (Å²) in [5.41, 5.74) is 0.833. The van der Waals surface area contributed by atoms with E-state index in [1.165, 1.54) is 29.2 Å². The first-order chi connectivity index (χ1) is 14.4. The number of carbonyl (C=O) groups is 3. The predicted molar refractivity (Wildman–Crippen MR) is 112 cm³/mol. The van der Waals surface area contributed by atoms with Crippen molar-refractivity contribution in [1.82, 2.24) is 4.90 Å². The molecule has 1 heterocycles. The van der Waals surface area contributed by atoms with Gasteiger partial charge in [0.2, 0.25) is 11.8 Å². The van der Waals surface area contributed by atoms with Crippen LogP contribution in [0.3, 0.4) is 0 Å². The third-order valence-electron chi connectivity index (χ3n) is 5.61. The van der Waals surface area contributed by atoms with E-state index in [1.54, 1.807) is 24.3 Å². The maximum absolute atomic E-state index is 13.3. The predicted octanol–water partition coefficient (Wildman–Crippen LogP) is 4.45. The Morgan fingerprint density at radius 3 is 2.57 bits per heavy atom. The van der Waals surface area contributed by atoms with Crippen molar-refractivity contribution in [1.29, 1.82) is 0 Å². The zero-order valence-corrected chi connectivity index (χ0v) is 16.9. The molecule has 1 N–H and O–H groups in total. The monoisotopic (exact) mass is 429 g/mol. The number of fused-ring (bicyclic) bond motifs is 1. The maximum atomic E-state index is 13.3. The van der Waals surface area contributed by atoms with Crippen LogP contribution in [-0.4, -0.2) is 35.3 Å². The fourth-order valence-electron chi connectivity index (χ4n) is 4.23. The summed E-state index contributed by atoms with van der Waals surface area (Å²) in [4.78, 5) is 41.7. The lowest BCUT2D eigenvalue weighted by molar-refractivity contribution is -0.128. The lowest BCUT2D eigenvalue weighted by Crippen LogP contribution is -2.64. The number of nitrogens with zero attached hydrogens (tertiary/aromatic N) is 2. The molecule has 1 saturated carbocycles. The number of nitrogens with one attached hydrogen (secondary N) is 1. The van der Waals surface area contributed by atoms with Crippen molar-refractivity contribution in [3.63, 3.8) is 0 Å². The van der Waals surface area contributed by atoms with Crippen molar-refractivity contribution < 1.29 is 18.8 Å². The molecule has 156 valence electrons. The Labute approximate surface area is 178 Å². The van der Waals surface area contributed by atoms with Gasteiger partial charge in [-0.1, -0.05) is 30.5 Å². The van der Waals surface area contributed by atoms with E-state index >= 15 is 0 Å². The second-order valence-electron chi connectivity index (χ2n) is 7.58. The van der Waals surface area contributed by atoms with Gasteiger partial charge in [-0.05, 0) is 55.3 Å². The number of urea groups is 1. The van der Waals surface area contributed by atoms with Gasteiger partial charge in [0.25, 0.3) is 0 Å². The van der Waals surface area contributed by atoms with E-state index < -0.39 is 17.8 Å². The van der Waals surface area contributed by atoms with E-state index in [0.29, 0.717) is 29.2 Å². The highest BCUT2D eigenvalue weighted by atomic mass is 35.5. The molecule has 8 heteroatoms. The van der Waals surface area contributed by atoms with Gasteiger partial charge < -0.3 is 10.2 Å². The molecule has 2 atom stereocenters. The Bertz CT molecular complexity index is 982. The molecule has 2 aromatic rings. The minimum Gasteiger partial charge on any atom is -0.325 e. The highest BCUT2D eigenvalue weighted by Crippen LogP contribution is 2.36. The van der Waals surface area contributed by atoms with Crippen LogP contribution in [0.15, 0.2) is 48.5 Å².